The van der Waals surface area contributed by atoms with E-state index in [0.29, 0.717) is 31.7 Å². The van der Waals surface area contributed by atoms with Crippen LogP contribution in [0.15, 0.2) is 24.3 Å². The topological polar surface area (TPSA) is 93.5 Å². The lowest BCUT2D eigenvalue weighted by molar-refractivity contribution is -0.144. The number of nitrogens with one attached hydrogen (secondary N) is 1. The highest BCUT2D eigenvalue weighted by molar-refractivity contribution is 5.94. The van der Waals surface area contributed by atoms with Crippen molar-refractivity contribution in [3.8, 4) is 5.69 Å². The zero-order valence-electron chi connectivity index (χ0n) is 16.7. The van der Waals surface area contributed by atoms with E-state index in [1.807, 2.05) is 35.9 Å². The Balaban J connectivity index is 1.54. The third-order valence-electron chi connectivity index (χ3n) is 6.12. The molecule has 1 aliphatic heterocycles. The number of hydrogen-bond acceptors (Lipinski definition) is 4. The van der Waals surface area contributed by atoms with Gasteiger partial charge in [0.2, 0.25) is 0 Å². The first-order valence-corrected chi connectivity index (χ1v) is 10.3. The van der Waals surface area contributed by atoms with Crippen LogP contribution in [-0.4, -0.2) is 46.5 Å². The van der Waals surface area contributed by atoms with Crippen molar-refractivity contribution in [1.29, 1.82) is 0 Å². The Labute approximate surface area is 170 Å². The van der Waals surface area contributed by atoms with Crippen molar-refractivity contribution in [2.75, 3.05) is 19.8 Å². The highest BCUT2D eigenvalue weighted by Crippen LogP contribution is 2.29. The lowest BCUT2D eigenvalue weighted by Crippen LogP contribution is -2.39. The summed E-state index contributed by atoms with van der Waals surface area (Å²) < 4.78 is 7.22. The first-order valence-electron chi connectivity index (χ1n) is 10.3. The SMILES string of the molecule is Cc1ccccc1-n1nc(C(=O)NCC(C(=O)O)C2CCOCC2)c2c1CCC2. The predicted molar refractivity (Wildman–Crippen MR) is 107 cm³/mol. The molecule has 2 aromatic rings. The first-order chi connectivity index (χ1) is 14.1. The zero-order chi connectivity index (χ0) is 20.4. The van der Waals surface area contributed by atoms with Crippen LogP contribution < -0.4 is 5.32 Å². The molecule has 29 heavy (non-hydrogen) atoms. The fourth-order valence-electron chi connectivity index (χ4n) is 4.48. The number of aliphatic carboxylic acids is 1. The summed E-state index contributed by atoms with van der Waals surface area (Å²) in [6, 6.07) is 7.99. The maximum absolute atomic E-state index is 12.9. The highest BCUT2D eigenvalue weighted by Gasteiger charge is 2.32. The minimum atomic E-state index is -0.868. The summed E-state index contributed by atoms with van der Waals surface area (Å²) in [4.78, 5) is 24.7. The van der Waals surface area contributed by atoms with Crippen molar-refractivity contribution in [1.82, 2.24) is 15.1 Å². The summed E-state index contributed by atoms with van der Waals surface area (Å²) in [6.07, 6.45) is 4.14. The summed E-state index contributed by atoms with van der Waals surface area (Å²) in [5.74, 6) is -1.73. The summed E-state index contributed by atoms with van der Waals surface area (Å²) in [7, 11) is 0. The average molecular weight is 397 g/mol. The number of ether oxygens (including phenoxy) is 1. The number of para-hydroxylation sites is 1. The van der Waals surface area contributed by atoms with Crippen LogP contribution in [0.2, 0.25) is 0 Å². The third-order valence-corrected chi connectivity index (χ3v) is 6.12. The number of fused-ring (bicyclic) bond motifs is 1. The van der Waals surface area contributed by atoms with Crippen LogP contribution in [0.4, 0.5) is 0 Å². The normalized spacial score (nSPS) is 17.7. The van der Waals surface area contributed by atoms with Crippen LogP contribution in [0.1, 0.15) is 46.6 Å². The van der Waals surface area contributed by atoms with Gasteiger partial charge in [-0.25, -0.2) is 4.68 Å². The fourth-order valence-corrected chi connectivity index (χ4v) is 4.48. The van der Waals surface area contributed by atoms with Crippen molar-refractivity contribution < 1.29 is 19.4 Å². The molecule has 0 radical (unpaired) electrons. The minimum Gasteiger partial charge on any atom is -0.481 e. The summed E-state index contributed by atoms with van der Waals surface area (Å²) in [5.41, 5.74) is 4.58. The number of aryl methyl sites for hydroxylation is 1. The van der Waals surface area contributed by atoms with Gasteiger partial charge in [-0.05, 0) is 56.6 Å². The number of hydrogen-bond donors (Lipinski definition) is 2. The quantitative estimate of drug-likeness (QED) is 0.781. The number of aromatic nitrogens is 2. The smallest absolute Gasteiger partial charge is 0.308 e. The first kappa shape index (κ1) is 19.6. The molecule has 2 N–H and O–H groups in total. The standard InChI is InChI=1S/C22H27N3O4/c1-14-5-2-3-7-18(14)25-19-8-4-6-16(19)20(24-25)21(26)23-13-17(22(27)28)15-9-11-29-12-10-15/h2-3,5,7,15,17H,4,6,8-13H2,1H3,(H,23,26)(H,27,28). The molecule has 1 atom stereocenters. The average Bonchev–Trinajstić information content (AvgIpc) is 3.32. The van der Waals surface area contributed by atoms with E-state index in [-0.39, 0.29) is 18.4 Å². The van der Waals surface area contributed by atoms with Crippen molar-refractivity contribution in [2.24, 2.45) is 11.8 Å². The van der Waals surface area contributed by atoms with Gasteiger partial charge >= 0.3 is 5.97 Å². The van der Waals surface area contributed by atoms with Crippen LogP contribution in [0.25, 0.3) is 5.69 Å². The Morgan fingerprint density at radius 3 is 2.76 bits per heavy atom. The fraction of sp³-hybridized carbons (Fsp3) is 0.500. The number of benzene rings is 1. The molecule has 1 fully saturated rings. The van der Waals surface area contributed by atoms with Gasteiger partial charge in [0.05, 0.1) is 11.6 Å². The van der Waals surface area contributed by atoms with Crippen molar-refractivity contribution >= 4 is 11.9 Å². The van der Waals surface area contributed by atoms with Gasteiger partial charge in [-0.3, -0.25) is 9.59 Å². The predicted octanol–water partition coefficient (Wildman–Crippen LogP) is 2.53. The Hall–Kier alpha value is -2.67. The molecule has 1 saturated heterocycles. The van der Waals surface area contributed by atoms with Crippen molar-refractivity contribution in [3.63, 3.8) is 0 Å². The molecule has 1 amide bonds. The van der Waals surface area contributed by atoms with E-state index in [1.54, 1.807) is 0 Å². The minimum absolute atomic E-state index is 0.0248. The molecule has 2 heterocycles. The van der Waals surface area contributed by atoms with Crippen molar-refractivity contribution in [3.05, 3.63) is 46.8 Å². The van der Waals surface area contributed by atoms with Crippen LogP contribution in [0, 0.1) is 18.8 Å². The lowest BCUT2D eigenvalue weighted by Gasteiger charge is -2.27. The Morgan fingerprint density at radius 2 is 2.03 bits per heavy atom. The number of carbonyl (C=O) groups excluding carboxylic acids is 1. The molecule has 2 aliphatic rings. The van der Waals surface area contributed by atoms with Gasteiger partial charge in [0.25, 0.3) is 5.91 Å². The number of nitrogens with zero attached hydrogens (tertiary/aromatic N) is 2. The maximum atomic E-state index is 12.9. The monoisotopic (exact) mass is 397 g/mol. The second-order valence-corrected chi connectivity index (χ2v) is 7.93. The number of carbonyl (C=O) groups is 2. The molecular formula is C22H27N3O4. The highest BCUT2D eigenvalue weighted by atomic mass is 16.5. The van der Waals surface area contributed by atoms with E-state index in [0.717, 1.165) is 41.8 Å². The summed E-state index contributed by atoms with van der Waals surface area (Å²) >= 11 is 0. The second-order valence-electron chi connectivity index (χ2n) is 7.93. The van der Waals surface area contributed by atoms with Gasteiger partial charge in [-0.2, -0.15) is 5.10 Å². The van der Waals surface area contributed by atoms with E-state index in [9.17, 15) is 14.7 Å². The molecule has 7 heteroatoms. The van der Waals surface area contributed by atoms with Gasteiger partial charge in [0, 0.05) is 31.0 Å². The van der Waals surface area contributed by atoms with Gasteiger partial charge in [0.15, 0.2) is 5.69 Å². The largest absolute Gasteiger partial charge is 0.481 e. The number of rotatable bonds is 6. The maximum Gasteiger partial charge on any atom is 0.308 e. The lowest BCUT2D eigenvalue weighted by atomic mass is 9.86. The van der Waals surface area contributed by atoms with E-state index >= 15 is 0 Å². The molecular weight excluding hydrogens is 370 g/mol. The second kappa shape index (κ2) is 8.37. The molecule has 1 aromatic carbocycles. The molecule has 1 aliphatic carbocycles. The van der Waals surface area contributed by atoms with Crippen molar-refractivity contribution in [2.45, 2.75) is 39.0 Å². The van der Waals surface area contributed by atoms with Crippen LogP contribution in [-0.2, 0) is 22.4 Å². The molecule has 0 spiro atoms. The molecule has 1 unspecified atom stereocenters. The van der Waals surface area contributed by atoms with Crippen LogP contribution >= 0.6 is 0 Å². The zero-order valence-corrected chi connectivity index (χ0v) is 16.7. The molecule has 0 bridgehead atoms. The molecule has 1 aromatic heterocycles. The van der Waals surface area contributed by atoms with Gasteiger partial charge in [-0.15, -0.1) is 0 Å². The number of carboxylic acid groups (broad SMARTS) is 1. The summed E-state index contributed by atoms with van der Waals surface area (Å²) in [6.45, 7) is 3.31. The Bertz CT molecular complexity index is 915. The van der Waals surface area contributed by atoms with Gasteiger partial charge < -0.3 is 15.2 Å². The molecule has 0 saturated carbocycles. The van der Waals surface area contributed by atoms with E-state index in [1.165, 1.54) is 0 Å². The Morgan fingerprint density at radius 1 is 1.28 bits per heavy atom. The Kier molecular flexibility index (Phi) is 5.67. The van der Waals surface area contributed by atoms with Gasteiger partial charge in [-0.1, -0.05) is 18.2 Å². The van der Waals surface area contributed by atoms with Crippen LogP contribution in [0.5, 0.6) is 0 Å². The third kappa shape index (κ3) is 3.92. The molecule has 7 nitrogen and oxygen atoms in total. The molecule has 4 rings (SSSR count). The van der Waals surface area contributed by atoms with E-state index in [4.69, 9.17) is 4.74 Å². The van der Waals surface area contributed by atoms with Gasteiger partial charge in [0.1, 0.15) is 0 Å². The number of carboxylic acids is 1. The summed E-state index contributed by atoms with van der Waals surface area (Å²) in [5, 5.41) is 17.1. The molecule has 154 valence electrons. The van der Waals surface area contributed by atoms with E-state index in [2.05, 4.69) is 10.4 Å². The van der Waals surface area contributed by atoms with Crippen LogP contribution in [0.3, 0.4) is 0 Å². The number of amides is 1. The van der Waals surface area contributed by atoms with E-state index < -0.39 is 11.9 Å².